The van der Waals surface area contributed by atoms with Gasteiger partial charge in [0, 0.05) is 12.1 Å². The lowest BCUT2D eigenvalue weighted by molar-refractivity contribution is 0.0696. The molecule has 20 heavy (non-hydrogen) atoms. The standard InChI is InChI=1S/C16H25NO3/c1-5-16(2,3)17(4)10-7-11-20-14-9-6-8-13(12-14)15(18)19/h6,8-9,12H,5,7,10-11H2,1-4H3,(H,18,19). The van der Waals surface area contributed by atoms with Crippen LogP contribution >= 0.6 is 0 Å². The van der Waals surface area contributed by atoms with Gasteiger partial charge in [-0.3, -0.25) is 0 Å². The van der Waals surface area contributed by atoms with Gasteiger partial charge in [0.05, 0.1) is 12.2 Å². The number of carboxylic acid groups (broad SMARTS) is 1. The lowest BCUT2D eigenvalue weighted by atomic mass is 10.00. The van der Waals surface area contributed by atoms with Crippen molar-refractivity contribution in [1.82, 2.24) is 4.90 Å². The number of nitrogens with zero attached hydrogens (tertiary/aromatic N) is 1. The van der Waals surface area contributed by atoms with Gasteiger partial charge in [-0.2, -0.15) is 0 Å². The first-order valence-electron chi connectivity index (χ1n) is 7.04. The number of rotatable bonds is 8. The molecule has 0 amide bonds. The fourth-order valence-electron chi connectivity index (χ4n) is 1.78. The van der Waals surface area contributed by atoms with Crippen LogP contribution in [-0.2, 0) is 0 Å². The molecule has 0 aromatic heterocycles. The number of aromatic carboxylic acids is 1. The molecule has 112 valence electrons. The topological polar surface area (TPSA) is 49.8 Å². The third-order valence-corrected chi connectivity index (χ3v) is 3.89. The van der Waals surface area contributed by atoms with Crippen molar-refractivity contribution < 1.29 is 14.6 Å². The van der Waals surface area contributed by atoms with Crippen LogP contribution < -0.4 is 4.74 Å². The van der Waals surface area contributed by atoms with E-state index in [1.807, 2.05) is 0 Å². The minimum Gasteiger partial charge on any atom is -0.494 e. The van der Waals surface area contributed by atoms with Crippen LogP contribution in [-0.4, -0.2) is 41.7 Å². The Morgan fingerprint density at radius 3 is 2.70 bits per heavy atom. The van der Waals surface area contributed by atoms with E-state index in [1.54, 1.807) is 24.3 Å². The van der Waals surface area contributed by atoms with E-state index in [9.17, 15) is 4.79 Å². The Morgan fingerprint density at radius 1 is 1.40 bits per heavy atom. The molecule has 0 spiro atoms. The normalized spacial score (nSPS) is 11.7. The molecule has 0 heterocycles. The third-order valence-electron chi connectivity index (χ3n) is 3.89. The van der Waals surface area contributed by atoms with Crippen molar-refractivity contribution in [3.63, 3.8) is 0 Å². The molecule has 0 bridgehead atoms. The Morgan fingerprint density at radius 2 is 2.10 bits per heavy atom. The summed E-state index contributed by atoms with van der Waals surface area (Å²) in [6.07, 6.45) is 2.02. The minimum absolute atomic E-state index is 0.198. The van der Waals surface area contributed by atoms with E-state index in [1.165, 1.54) is 0 Å². The van der Waals surface area contributed by atoms with Crippen molar-refractivity contribution in [3.8, 4) is 5.75 Å². The Hall–Kier alpha value is -1.55. The molecule has 0 saturated carbocycles. The van der Waals surface area contributed by atoms with E-state index in [4.69, 9.17) is 9.84 Å². The first-order valence-corrected chi connectivity index (χ1v) is 7.04. The number of carboxylic acids is 1. The van der Waals surface area contributed by atoms with E-state index >= 15 is 0 Å². The van der Waals surface area contributed by atoms with Crippen molar-refractivity contribution in [2.75, 3.05) is 20.2 Å². The molecule has 0 atom stereocenters. The predicted octanol–water partition coefficient (Wildman–Crippen LogP) is 3.27. The molecule has 0 fully saturated rings. The monoisotopic (exact) mass is 279 g/mol. The van der Waals surface area contributed by atoms with Crippen molar-refractivity contribution in [1.29, 1.82) is 0 Å². The van der Waals surface area contributed by atoms with Crippen molar-refractivity contribution >= 4 is 5.97 Å². The lowest BCUT2D eigenvalue weighted by Gasteiger charge is -2.34. The molecular formula is C16H25NO3. The summed E-state index contributed by atoms with van der Waals surface area (Å²) in [6, 6.07) is 6.60. The number of carbonyl (C=O) groups is 1. The van der Waals surface area contributed by atoms with Gasteiger partial charge >= 0.3 is 5.97 Å². The highest BCUT2D eigenvalue weighted by Gasteiger charge is 2.20. The second kappa shape index (κ2) is 7.29. The summed E-state index contributed by atoms with van der Waals surface area (Å²) in [5, 5.41) is 8.91. The molecule has 0 aliphatic heterocycles. The van der Waals surface area contributed by atoms with Crippen LogP contribution in [0.5, 0.6) is 5.75 Å². The van der Waals surface area contributed by atoms with Gasteiger partial charge in [0.1, 0.15) is 5.75 Å². The Balaban J connectivity index is 2.38. The lowest BCUT2D eigenvalue weighted by Crippen LogP contribution is -2.41. The molecule has 0 aliphatic carbocycles. The molecule has 0 aliphatic rings. The second-order valence-corrected chi connectivity index (χ2v) is 5.62. The van der Waals surface area contributed by atoms with Crippen LogP contribution in [0.1, 0.15) is 44.0 Å². The molecule has 1 N–H and O–H groups in total. The van der Waals surface area contributed by atoms with E-state index < -0.39 is 5.97 Å². The van der Waals surface area contributed by atoms with Gasteiger partial charge in [0.15, 0.2) is 0 Å². The van der Waals surface area contributed by atoms with Gasteiger partial charge in [0.25, 0.3) is 0 Å². The molecule has 4 heteroatoms. The zero-order chi connectivity index (χ0) is 15.2. The van der Waals surface area contributed by atoms with Crippen LogP contribution in [0.15, 0.2) is 24.3 Å². The zero-order valence-electron chi connectivity index (χ0n) is 12.8. The molecular weight excluding hydrogens is 254 g/mol. The predicted molar refractivity (Wildman–Crippen MR) is 80.5 cm³/mol. The largest absolute Gasteiger partial charge is 0.494 e. The summed E-state index contributed by atoms with van der Waals surface area (Å²) in [5.41, 5.74) is 0.454. The number of ether oxygens (including phenoxy) is 1. The smallest absolute Gasteiger partial charge is 0.335 e. The maximum atomic E-state index is 10.9. The van der Waals surface area contributed by atoms with Crippen LogP contribution in [0.3, 0.4) is 0 Å². The molecule has 1 aromatic carbocycles. The first-order chi connectivity index (χ1) is 9.36. The summed E-state index contributed by atoms with van der Waals surface area (Å²) in [6.45, 7) is 8.19. The average Bonchev–Trinajstić information content (AvgIpc) is 2.43. The van der Waals surface area contributed by atoms with E-state index in [0.29, 0.717) is 12.4 Å². The van der Waals surface area contributed by atoms with Crippen molar-refractivity contribution in [2.24, 2.45) is 0 Å². The highest BCUT2D eigenvalue weighted by atomic mass is 16.5. The molecule has 1 rings (SSSR count). The number of benzene rings is 1. The fraction of sp³-hybridized carbons (Fsp3) is 0.562. The first kappa shape index (κ1) is 16.5. The highest BCUT2D eigenvalue weighted by Crippen LogP contribution is 2.17. The minimum atomic E-state index is -0.931. The van der Waals surface area contributed by atoms with Crippen LogP contribution in [0.4, 0.5) is 0 Å². The van der Waals surface area contributed by atoms with E-state index in [2.05, 4.69) is 32.7 Å². The fourth-order valence-corrected chi connectivity index (χ4v) is 1.78. The summed E-state index contributed by atoms with van der Waals surface area (Å²) in [5.74, 6) is -0.317. The van der Waals surface area contributed by atoms with Gasteiger partial charge in [0.2, 0.25) is 0 Å². The van der Waals surface area contributed by atoms with Gasteiger partial charge < -0.3 is 14.7 Å². The summed E-state index contributed by atoms with van der Waals surface area (Å²) in [7, 11) is 2.12. The molecule has 1 aromatic rings. The Labute approximate surface area is 121 Å². The highest BCUT2D eigenvalue weighted by molar-refractivity contribution is 5.87. The summed E-state index contributed by atoms with van der Waals surface area (Å²) in [4.78, 5) is 13.2. The third kappa shape index (κ3) is 4.85. The number of hydrogen-bond donors (Lipinski definition) is 1. The van der Waals surface area contributed by atoms with Gasteiger partial charge in [-0.05, 0) is 51.9 Å². The molecule has 0 radical (unpaired) electrons. The van der Waals surface area contributed by atoms with Crippen LogP contribution in [0.25, 0.3) is 0 Å². The van der Waals surface area contributed by atoms with Crippen molar-refractivity contribution in [3.05, 3.63) is 29.8 Å². The van der Waals surface area contributed by atoms with Crippen molar-refractivity contribution in [2.45, 2.75) is 39.2 Å². The molecule has 0 unspecified atom stereocenters. The maximum absolute atomic E-state index is 10.9. The molecule has 4 nitrogen and oxygen atoms in total. The zero-order valence-corrected chi connectivity index (χ0v) is 12.8. The van der Waals surface area contributed by atoms with Crippen LogP contribution in [0, 0.1) is 0 Å². The average molecular weight is 279 g/mol. The quantitative estimate of drug-likeness (QED) is 0.742. The maximum Gasteiger partial charge on any atom is 0.335 e. The Bertz CT molecular complexity index is 443. The van der Waals surface area contributed by atoms with Gasteiger partial charge in [-0.15, -0.1) is 0 Å². The SMILES string of the molecule is CCC(C)(C)N(C)CCCOc1cccc(C(=O)O)c1. The van der Waals surface area contributed by atoms with Gasteiger partial charge in [-0.1, -0.05) is 13.0 Å². The summed E-state index contributed by atoms with van der Waals surface area (Å²) < 4.78 is 5.60. The Kier molecular flexibility index (Phi) is 6.02. The second-order valence-electron chi connectivity index (χ2n) is 5.62. The van der Waals surface area contributed by atoms with Crippen LogP contribution in [0.2, 0.25) is 0 Å². The van der Waals surface area contributed by atoms with E-state index in [0.717, 1.165) is 19.4 Å². The van der Waals surface area contributed by atoms with E-state index in [-0.39, 0.29) is 11.1 Å². The summed E-state index contributed by atoms with van der Waals surface area (Å²) >= 11 is 0. The van der Waals surface area contributed by atoms with Gasteiger partial charge in [-0.25, -0.2) is 4.79 Å². The molecule has 0 saturated heterocycles. The number of hydrogen-bond acceptors (Lipinski definition) is 3.